The summed E-state index contributed by atoms with van der Waals surface area (Å²) in [7, 11) is 2.20. The SMILES string of the molecule is CN1CCCC2CN(C(=O)C3CCC(C(=O)O)C3)CCC21. The molecular formula is C16H26N2O3. The molecular weight excluding hydrogens is 268 g/mol. The van der Waals surface area contributed by atoms with Crippen LogP contribution in [0.3, 0.4) is 0 Å². The zero-order valence-electron chi connectivity index (χ0n) is 12.8. The van der Waals surface area contributed by atoms with Crippen LogP contribution >= 0.6 is 0 Å². The number of hydrogen-bond donors (Lipinski definition) is 1. The largest absolute Gasteiger partial charge is 0.481 e. The number of amides is 1. The number of fused-ring (bicyclic) bond motifs is 1. The van der Waals surface area contributed by atoms with Gasteiger partial charge in [-0.1, -0.05) is 0 Å². The molecule has 3 fully saturated rings. The first-order valence-corrected chi connectivity index (χ1v) is 8.28. The molecule has 2 heterocycles. The Morgan fingerprint density at radius 1 is 1.05 bits per heavy atom. The van der Waals surface area contributed by atoms with E-state index in [0.717, 1.165) is 25.9 Å². The second-order valence-corrected chi connectivity index (χ2v) is 7.07. The summed E-state index contributed by atoms with van der Waals surface area (Å²) in [5.74, 6) is -0.275. The topological polar surface area (TPSA) is 60.9 Å². The third kappa shape index (κ3) is 2.93. The van der Waals surface area contributed by atoms with Gasteiger partial charge in [0, 0.05) is 25.0 Å². The molecule has 0 spiro atoms. The van der Waals surface area contributed by atoms with Crippen molar-refractivity contribution in [2.45, 2.75) is 44.6 Å². The molecule has 5 heteroatoms. The Hall–Kier alpha value is -1.10. The highest BCUT2D eigenvalue weighted by Gasteiger charge is 2.40. The van der Waals surface area contributed by atoms with E-state index in [-0.39, 0.29) is 17.7 Å². The quantitative estimate of drug-likeness (QED) is 0.837. The summed E-state index contributed by atoms with van der Waals surface area (Å²) >= 11 is 0. The van der Waals surface area contributed by atoms with E-state index in [0.29, 0.717) is 24.8 Å². The zero-order valence-corrected chi connectivity index (χ0v) is 12.8. The van der Waals surface area contributed by atoms with Crippen LogP contribution in [0.5, 0.6) is 0 Å². The number of carboxylic acid groups (broad SMARTS) is 1. The van der Waals surface area contributed by atoms with Crippen molar-refractivity contribution < 1.29 is 14.7 Å². The van der Waals surface area contributed by atoms with Gasteiger partial charge in [-0.25, -0.2) is 0 Å². The first-order chi connectivity index (χ1) is 10.1. The Labute approximate surface area is 126 Å². The highest BCUT2D eigenvalue weighted by Crippen LogP contribution is 2.35. The fraction of sp³-hybridized carbons (Fsp3) is 0.875. The minimum Gasteiger partial charge on any atom is -0.481 e. The second kappa shape index (κ2) is 5.95. The fourth-order valence-electron chi connectivity index (χ4n) is 4.54. The summed E-state index contributed by atoms with van der Waals surface area (Å²) in [6.07, 6.45) is 5.47. The van der Waals surface area contributed by atoms with Crippen molar-refractivity contribution >= 4 is 11.9 Å². The molecule has 0 aromatic rings. The van der Waals surface area contributed by atoms with Gasteiger partial charge in [0.05, 0.1) is 5.92 Å². The fourth-order valence-corrected chi connectivity index (χ4v) is 4.54. The Morgan fingerprint density at radius 2 is 1.81 bits per heavy atom. The van der Waals surface area contributed by atoms with E-state index in [1.807, 2.05) is 4.90 Å². The van der Waals surface area contributed by atoms with Gasteiger partial charge in [-0.2, -0.15) is 0 Å². The predicted octanol–water partition coefficient (Wildman–Crippen LogP) is 1.43. The summed E-state index contributed by atoms with van der Waals surface area (Å²) in [4.78, 5) is 28.2. The van der Waals surface area contributed by atoms with Crippen LogP contribution in [0.2, 0.25) is 0 Å². The van der Waals surface area contributed by atoms with Crippen molar-refractivity contribution in [3.8, 4) is 0 Å². The third-order valence-electron chi connectivity index (χ3n) is 5.79. The minimum atomic E-state index is -0.738. The average Bonchev–Trinajstić information content (AvgIpc) is 2.96. The molecule has 118 valence electrons. The molecule has 0 aromatic heterocycles. The Balaban J connectivity index is 1.58. The molecule has 4 unspecified atom stereocenters. The van der Waals surface area contributed by atoms with Crippen molar-refractivity contribution in [1.82, 2.24) is 9.80 Å². The van der Waals surface area contributed by atoms with Crippen molar-refractivity contribution in [2.24, 2.45) is 17.8 Å². The van der Waals surface area contributed by atoms with Crippen LogP contribution in [0, 0.1) is 17.8 Å². The summed E-state index contributed by atoms with van der Waals surface area (Å²) in [5.41, 5.74) is 0. The second-order valence-electron chi connectivity index (χ2n) is 7.07. The lowest BCUT2D eigenvalue weighted by atomic mass is 9.83. The van der Waals surface area contributed by atoms with Gasteiger partial charge in [-0.3, -0.25) is 9.59 Å². The molecule has 3 rings (SSSR count). The average molecular weight is 294 g/mol. The number of likely N-dealkylation sites (tertiary alicyclic amines) is 2. The minimum absolute atomic E-state index is 0.0519. The molecule has 4 atom stereocenters. The number of carbonyl (C=O) groups excluding carboxylic acids is 1. The van der Waals surface area contributed by atoms with Crippen molar-refractivity contribution in [2.75, 3.05) is 26.7 Å². The summed E-state index contributed by atoms with van der Waals surface area (Å²) in [6, 6.07) is 0.637. The molecule has 0 aromatic carbocycles. The number of aliphatic carboxylic acids is 1. The van der Waals surface area contributed by atoms with E-state index in [1.54, 1.807) is 0 Å². The molecule has 1 aliphatic carbocycles. The van der Waals surface area contributed by atoms with Crippen LogP contribution in [0.15, 0.2) is 0 Å². The monoisotopic (exact) mass is 294 g/mol. The number of piperidine rings is 2. The first-order valence-electron chi connectivity index (χ1n) is 8.28. The molecule has 5 nitrogen and oxygen atoms in total. The van der Waals surface area contributed by atoms with E-state index in [2.05, 4.69) is 11.9 Å². The van der Waals surface area contributed by atoms with E-state index >= 15 is 0 Å². The van der Waals surface area contributed by atoms with E-state index in [4.69, 9.17) is 5.11 Å². The third-order valence-corrected chi connectivity index (χ3v) is 5.79. The smallest absolute Gasteiger partial charge is 0.306 e. The first kappa shape index (κ1) is 14.8. The lowest BCUT2D eigenvalue weighted by molar-refractivity contribution is -0.142. The van der Waals surface area contributed by atoms with Crippen LogP contribution in [-0.4, -0.2) is 59.5 Å². The lowest BCUT2D eigenvalue weighted by Gasteiger charge is -2.46. The normalized spacial score (nSPS) is 37.3. The molecule has 1 N–H and O–H groups in total. The zero-order chi connectivity index (χ0) is 15.0. The molecule has 1 amide bonds. The number of hydrogen-bond acceptors (Lipinski definition) is 3. The predicted molar refractivity (Wildman–Crippen MR) is 78.8 cm³/mol. The number of nitrogens with zero attached hydrogens (tertiary/aromatic N) is 2. The molecule has 0 radical (unpaired) electrons. The van der Waals surface area contributed by atoms with Gasteiger partial charge >= 0.3 is 5.97 Å². The Bertz CT molecular complexity index is 426. The van der Waals surface area contributed by atoms with E-state index < -0.39 is 5.97 Å². The van der Waals surface area contributed by atoms with E-state index in [9.17, 15) is 9.59 Å². The maximum Gasteiger partial charge on any atom is 0.306 e. The lowest BCUT2D eigenvalue weighted by Crippen LogP contribution is -2.54. The molecule has 2 saturated heterocycles. The highest BCUT2D eigenvalue weighted by atomic mass is 16.4. The van der Waals surface area contributed by atoms with Crippen LogP contribution < -0.4 is 0 Å². The summed E-state index contributed by atoms with van der Waals surface area (Å²) in [6.45, 7) is 2.90. The van der Waals surface area contributed by atoms with Crippen LogP contribution in [0.1, 0.15) is 38.5 Å². The van der Waals surface area contributed by atoms with Gasteiger partial charge in [-0.15, -0.1) is 0 Å². The number of carboxylic acids is 1. The molecule has 2 aliphatic heterocycles. The Kier molecular flexibility index (Phi) is 4.20. The van der Waals surface area contributed by atoms with E-state index in [1.165, 1.54) is 19.4 Å². The number of rotatable bonds is 2. The molecule has 0 bridgehead atoms. The van der Waals surface area contributed by atoms with Crippen molar-refractivity contribution in [3.63, 3.8) is 0 Å². The van der Waals surface area contributed by atoms with Gasteiger partial charge in [0.25, 0.3) is 0 Å². The molecule has 3 aliphatic rings. The van der Waals surface area contributed by atoms with Crippen LogP contribution in [0.25, 0.3) is 0 Å². The standard InChI is InChI=1S/C16H26N2O3/c1-17-7-2-3-13-10-18(8-6-14(13)17)15(19)11-4-5-12(9-11)16(20)21/h11-14H,2-10H2,1H3,(H,20,21). The summed E-state index contributed by atoms with van der Waals surface area (Å²) < 4.78 is 0. The van der Waals surface area contributed by atoms with Crippen molar-refractivity contribution in [3.05, 3.63) is 0 Å². The van der Waals surface area contributed by atoms with Crippen LogP contribution in [-0.2, 0) is 9.59 Å². The molecule has 1 saturated carbocycles. The van der Waals surface area contributed by atoms with Crippen molar-refractivity contribution in [1.29, 1.82) is 0 Å². The van der Waals surface area contributed by atoms with Gasteiger partial charge in [-0.05, 0) is 58.0 Å². The van der Waals surface area contributed by atoms with Gasteiger partial charge in [0.2, 0.25) is 5.91 Å². The maximum absolute atomic E-state index is 12.6. The number of carbonyl (C=O) groups is 2. The highest BCUT2D eigenvalue weighted by molar-refractivity contribution is 5.81. The van der Waals surface area contributed by atoms with Crippen LogP contribution in [0.4, 0.5) is 0 Å². The van der Waals surface area contributed by atoms with Gasteiger partial charge < -0.3 is 14.9 Å². The molecule has 21 heavy (non-hydrogen) atoms. The summed E-state index contributed by atoms with van der Waals surface area (Å²) in [5, 5.41) is 9.08. The maximum atomic E-state index is 12.6. The van der Waals surface area contributed by atoms with Gasteiger partial charge in [0.1, 0.15) is 0 Å². The Morgan fingerprint density at radius 3 is 2.52 bits per heavy atom. The van der Waals surface area contributed by atoms with Gasteiger partial charge in [0.15, 0.2) is 0 Å².